The van der Waals surface area contributed by atoms with Crippen LogP contribution in [0.5, 0.6) is 5.75 Å². The SMILES string of the molecule is Oc1c(F)cc(CNc2ccc(Br)cc2Cl)cc1F. The third-order valence-electron chi connectivity index (χ3n) is 2.49. The third-order valence-corrected chi connectivity index (χ3v) is 3.30. The Balaban J connectivity index is 2.14. The summed E-state index contributed by atoms with van der Waals surface area (Å²) in [5.74, 6) is -2.94. The van der Waals surface area contributed by atoms with E-state index in [2.05, 4.69) is 21.2 Å². The molecule has 2 rings (SSSR count). The van der Waals surface area contributed by atoms with Gasteiger partial charge in [-0.2, -0.15) is 0 Å². The Morgan fingerprint density at radius 2 is 1.79 bits per heavy atom. The summed E-state index contributed by atoms with van der Waals surface area (Å²) in [5, 5.41) is 12.5. The maximum atomic E-state index is 13.1. The zero-order valence-electron chi connectivity index (χ0n) is 9.55. The first kappa shape index (κ1) is 14.1. The summed E-state index contributed by atoms with van der Waals surface area (Å²) in [5.41, 5.74) is 1.02. The van der Waals surface area contributed by atoms with Crippen molar-refractivity contribution in [3.8, 4) is 5.75 Å². The molecule has 0 aliphatic carbocycles. The van der Waals surface area contributed by atoms with E-state index in [0.717, 1.165) is 16.6 Å². The second kappa shape index (κ2) is 5.75. The molecule has 0 heterocycles. The fraction of sp³-hybridized carbons (Fsp3) is 0.0769. The number of phenols is 1. The highest BCUT2D eigenvalue weighted by Crippen LogP contribution is 2.27. The number of halogens is 4. The van der Waals surface area contributed by atoms with Crippen molar-refractivity contribution in [2.24, 2.45) is 0 Å². The van der Waals surface area contributed by atoms with E-state index in [1.54, 1.807) is 18.2 Å². The predicted octanol–water partition coefficient (Wildman–Crippen LogP) is 4.70. The number of hydrogen-bond donors (Lipinski definition) is 2. The molecule has 100 valence electrons. The smallest absolute Gasteiger partial charge is 0.187 e. The van der Waals surface area contributed by atoms with Crippen LogP contribution in [-0.2, 0) is 6.54 Å². The maximum Gasteiger partial charge on any atom is 0.187 e. The Hall–Kier alpha value is -1.33. The van der Waals surface area contributed by atoms with Gasteiger partial charge in [-0.15, -0.1) is 0 Å². The first-order valence-corrected chi connectivity index (χ1v) is 6.50. The summed E-state index contributed by atoms with van der Waals surface area (Å²) in [6, 6.07) is 7.39. The minimum atomic E-state index is -0.987. The summed E-state index contributed by atoms with van der Waals surface area (Å²) >= 11 is 9.28. The summed E-state index contributed by atoms with van der Waals surface area (Å²) in [7, 11) is 0. The van der Waals surface area contributed by atoms with Gasteiger partial charge in [-0.25, -0.2) is 8.78 Å². The maximum absolute atomic E-state index is 13.1. The zero-order valence-corrected chi connectivity index (χ0v) is 11.9. The number of benzene rings is 2. The van der Waals surface area contributed by atoms with Gasteiger partial charge in [0.1, 0.15) is 0 Å². The van der Waals surface area contributed by atoms with Gasteiger partial charge in [-0.05, 0) is 35.9 Å². The molecule has 0 saturated heterocycles. The van der Waals surface area contributed by atoms with Crippen molar-refractivity contribution in [2.45, 2.75) is 6.54 Å². The van der Waals surface area contributed by atoms with E-state index >= 15 is 0 Å². The number of hydrogen-bond acceptors (Lipinski definition) is 2. The molecule has 0 saturated carbocycles. The first-order chi connectivity index (χ1) is 8.97. The van der Waals surface area contributed by atoms with Gasteiger partial charge in [0, 0.05) is 11.0 Å². The molecule has 6 heteroatoms. The fourth-order valence-electron chi connectivity index (χ4n) is 1.55. The lowest BCUT2D eigenvalue weighted by Crippen LogP contribution is -2.01. The van der Waals surface area contributed by atoms with Crippen molar-refractivity contribution in [1.82, 2.24) is 0 Å². The summed E-state index contributed by atoms with van der Waals surface area (Å²) in [6.07, 6.45) is 0. The van der Waals surface area contributed by atoms with Crippen LogP contribution in [0.15, 0.2) is 34.8 Å². The normalized spacial score (nSPS) is 10.5. The van der Waals surface area contributed by atoms with Gasteiger partial charge in [0.2, 0.25) is 0 Å². The molecule has 0 aromatic heterocycles. The van der Waals surface area contributed by atoms with Crippen molar-refractivity contribution >= 4 is 33.2 Å². The molecule has 0 unspecified atom stereocenters. The minimum Gasteiger partial charge on any atom is -0.503 e. The van der Waals surface area contributed by atoms with Crippen LogP contribution in [0.25, 0.3) is 0 Å². The molecule has 0 aliphatic rings. The standard InChI is InChI=1S/C13H9BrClF2NO/c14-8-1-2-12(9(15)5-8)18-6-7-3-10(16)13(19)11(17)4-7/h1-5,18-19H,6H2. The van der Waals surface area contributed by atoms with E-state index in [9.17, 15) is 8.78 Å². The highest BCUT2D eigenvalue weighted by Gasteiger charge is 2.09. The molecule has 0 atom stereocenters. The molecule has 0 radical (unpaired) electrons. The molecule has 2 N–H and O–H groups in total. The van der Waals surface area contributed by atoms with Crippen molar-refractivity contribution < 1.29 is 13.9 Å². The Labute approximate surface area is 122 Å². The zero-order chi connectivity index (χ0) is 14.0. The molecular weight excluding hydrogens is 340 g/mol. The molecule has 0 aliphatic heterocycles. The molecule has 0 spiro atoms. The second-order valence-corrected chi connectivity index (χ2v) is 5.21. The number of anilines is 1. The van der Waals surface area contributed by atoms with Gasteiger partial charge in [0.15, 0.2) is 17.4 Å². The summed E-state index contributed by atoms with van der Waals surface area (Å²) < 4.78 is 27.1. The fourth-order valence-corrected chi connectivity index (χ4v) is 2.29. The van der Waals surface area contributed by atoms with Gasteiger partial charge >= 0.3 is 0 Å². The lowest BCUT2D eigenvalue weighted by molar-refractivity contribution is 0.395. The number of phenolic OH excluding ortho intramolecular Hbond substituents is 1. The highest BCUT2D eigenvalue weighted by atomic mass is 79.9. The van der Waals surface area contributed by atoms with E-state index in [0.29, 0.717) is 16.3 Å². The minimum absolute atomic E-state index is 0.190. The van der Waals surface area contributed by atoms with Crippen LogP contribution in [0.4, 0.5) is 14.5 Å². The monoisotopic (exact) mass is 347 g/mol. The van der Waals surface area contributed by atoms with Crippen LogP contribution >= 0.6 is 27.5 Å². The van der Waals surface area contributed by atoms with Crippen LogP contribution in [0.2, 0.25) is 5.02 Å². The number of rotatable bonds is 3. The van der Waals surface area contributed by atoms with Crippen molar-refractivity contribution in [1.29, 1.82) is 0 Å². The quantitative estimate of drug-likeness (QED) is 0.843. The van der Waals surface area contributed by atoms with E-state index in [1.165, 1.54) is 0 Å². The van der Waals surface area contributed by atoms with Gasteiger partial charge in [-0.1, -0.05) is 27.5 Å². The third kappa shape index (κ3) is 3.36. The lowest BCUT2D eigenvalue weighted by atomic mass is 10.2. The Kier molecular flexibility index (Phi) is 4.27. The van der Waals surface area contributed by atoms with E-state index in [-0.39, 0.29) is 6.54 Å². The molecule has 2 aromatic carbocycles. The van der Waals surface area contributed by atoms with Crippen LogP contribution in [0, 0.1) is 11.6 Å². The van der Waals surface area contributed by atoms with E-state index < -0.39 is 17.4 Å². The Morgan fingerprint density at radius 3 is 2.37 bits per heavy atom. The van der Waals surface area contributed by atoms with Crippen molar-refractivity contribution in [3.63, 3.8) is 0 Å². The van der Waals surface area contributed by atoms with Gasteiger partial charge < -0.3 is 10.4 Å². The topological polar surface area (TPSA) is 32.3 Å². The largest absolute Gasteiger partial charge is 0.503 e. The second-order valence-electron chi connectivity index (χ2n) is 3.89. The average Bonchev–Trinajstić information content (AvgIpc) is 2.34. The van der Waals surface area contributed by atoms with Gasteiger partial charge in [0.05, 0.1) is 10.7 Å². The van der Waals surface area contributed by atoms with Crippen LogP contribution in [0.3, 0.4) is 0 Å². The Morgan fingerprint density at radius 1 is 1.16 bits per heavy atom. The average molecular weight is 349 g/mol. The predicted molar refractivity (Wildman–Crippen MR) is 74.5 cm³/mol. The molecule has 19 heavy (non-hydrogen) atoms. The number of aromatic hydroxyl groups is 1. The van der Waals surface area contributed by atoms with Crippen LogP contribution in [0.1, 0.15) is 5.56 Å². The van der Waals surface area contributed by atoms with Gasteiger partial charge in [0.25, 0.3) is 0 Å². The highest BCUT2D eigenvalue weighted by molar-refractivity contribution is 9.10. The van der Waals surface area contributed by atoms with Crippen LogP contribution in [-0.4, -0.2) is 5.11 Å². The summed E-state index contributed by atoms with van der Waals surface area (Å²) in [4.78, 5) is 0. The number of nitrogens with one attached hydrogen (secondary N) is 1. The van der Waals surface area contributed by atoms with E-state index in [1.807, 2.05) is 0 Å². The molecular formula is C13H9BrClF2NO. The Bertz CT molecular complexity index is 599. The molecule has 2 aromatic rings. The molecule has 0 fully saturated rings. The molecule has 0 amide bonds. The van der Waals surface area contributed by atoms with Crippen LogP contribution < -0.4 is 5.32 Å². The van der Waals surface area contributed by atoms with Crippen molar-refractivity contribution in [2.75, 3.05) is 5.32 Å². The molecule has 2 nitrogen and oxygen atoms in total. The lowest BCUT2D eigenvalue weighted by Gasteiger charge is -2.09. The van der Waals surface area contributed by atoms with Gasteiger partial charge in [-0.3, -0.25) is 0 Å². The van der Waals surface area contributed by atoms with E-state index in [4.69, 9.17) is 16.7 Å². The molecule has 0 bridgehead atoms. The van der Waals surface area contributed by atoms with Crippen molar-refractivity contribution in [3.05, 3.63) is 57.0 Å². The summed E-state index contributed by atoms with van der Waals surface area (Å²) in [6.45, 7) is 0.190. The first-order valence-electron chi connectivity index (χ1n) is 5.33.